The summed E-state index contributed by atoms with van der Waals surface area (Å²) in [6, 6.07) is 4.78. The van der Waals surface area contributed by atoms with E-state index in [2.05, 4.69) is 10.3 Å². The molecule has 1 aliphatic heterocycles. The summed E-state index contributed by atoms with van der Waals surface area (Å²) < 4.78 is 14.1. The number of halogens is 1. The fourth-order valence-electron chi connectivity index (χ4n) is 2.65. The number of nitrogen functional groups attached to an aromatic ring is 1. The summed E-state index contributed by atoms with van der Waals surface area (Å²) in [5.74, 6) is -0.513. The highest BCUT2D eigenvalue weighted by atomic mass is 19.1. The van der Waals surface area contributed by atoms with Gasteiger partial charge in [-0.2, -0.15) is 0 Å². The van der Waals surface area contributed by atoms with Crippen LogP contribution in [0.4, 0.5) is 15.8 Å². The zero-order chi connectivity index (χ0) is 14.8. The Morgan fingerprint density at radius 3 is 2.95 bits per heavy atom. The van der Waals surface area contributed by atoms with Gasteiger partial charge in [-0.05, 0) is 31.0 Å². The summed E-state index contributed by atoms with van der Waals surface area (Å²) in [4.78, 5) is 18.0. The number of nitrogens with zero attached hydrogens (tertiary/aromatic N) is 2. The number of nitrogens with one attached hydrogen (secondary N) is 1. The molecule has 1 aromatic carbocycles. The van der Waals surface area contributed by atoms with Gasteiger partial charge in [0.15, 0.2) is 5.82 Å². The van der Waals surface area contributed by atoms with Gasteiger partial charge in [0, 0.05) is 30.4 Å². The van der Waals surface area contributed by atoms with E-state index in [-0.39, 0.29) is 18.1 Å². The van der Waals surface area contributed by atoms with Gasteiger partial charge in [-0.1, -0.05) is 0 Å². The third-order valence-corrected chi connectivity index (χ3v) is 3.75. The van der Waals surface area contributed by atoms with Crippen LogP contribution >= 0.6 is 0 Å². The van der Waals surface area contributed by atoms with Crippen LogP contribution in [0.15, 0.2) is 24.4 Å². The molecule has 3 rings (SSSR count). The number of nitrogens with two attached hydrogens (primary N) is 1. The van der Waals surface area contributed by atoms with Crippen LogP contribution in [0.5, 0.6) is 0 Å². The number of fused-ring (bicyclic) bond motifs is 1. The van der Waals surface area contributed by atoms with Crippen LogP contribution in [-0.2, 0) is 4.79 Å². The Morgan fingerprint density at radius 1 is 1.43 bits per heavy atom. The van der Waals surface area contributed by atoms with Gasteiger partial charge in [-0.3, -0.25) is 9.78 Å². The molecule has 0 radical (unpaired) electrons. The highest BCUT2D eigenvalue weighted by Gasteiger charge is 2.19. The smallest absolute Gasteiger partial charge is 0.241 e. The standard InChI is InChI=1S/C15H17FN4O/c16-11-8-12(17)10-4-3-5-18-14(10)15(11)19-9-13(21)20-6-1-2-7-20/h3-5,8,19H,1-2,6-7,9,17H2. The zero-order valence-electron chi connectivity index (χ0n) is 11.6. The maximum Gasteiger partial charge on any atom is 0.241 e. The number of hydrogen-bond acceptors (Lipinski definition) is 4. The molecule has 0 atom stereocenters. The van der Waals surface area contributed by atoms with Crippen molar-refractivity contribution in [1.29, 1.82) is 0 Å². The lowest BCUT2D eigenvalue weighted by atomic mass is 10.1. The molecule has 1 amide bonds. The Kier molecular flexibility index (Phi) is 3.60. The minimum Gasteiger partial charge on any atom is -0.398 e. The minimum atomic E-state index is -0.493. The Hall–Kier alpha value is -2.37. The largest absolute Gasteiger partial charge is 0.398 e. The van der Waals surface area contributed by atoms with Crippen molar-refractivity contribution in [2.24, 2.45) is 0 Å². The van der Waals surface area contributed by atoms with Crippen molar-refractivity contribution >= 4 is 28.2 Å². The number of likely N-dealkylation sites (tertiary alicyclic amines) is 1. The first-order valence-corrected chi connectivity index (χ1v) is 7.01. The lowest BCUT2D eigenvalue weighted by molar-refractivity contribution is -0.128. The molecule has 2 aromatic rings. The monoisotopic (exact) mass is 288 g/mol. The number of pyridine rings is 1. The number of aromatic nitrogens is 1. The Labute approximate surface area is 121 Å². The van der Waals surface area contributed by atoms with Crippen molar-refractivity contribution in [3.63, 3.8) is 0 Å². The molecule has 0 aliphatic carbocycles. The van der Waals surface area contributed by atoms with E-state index in [9.17, 15) is 9.18 Å². The number of anilines is 2. The molecule has 0 saturated carbocycles. The number of carbonyl (C=O) groups excluding carboxylic acids is 1. The van der Waals surface area contributed by atoms with Crippen LogP contribution in [0.2, 0.25) is 0 Å². The third-order valence-electron chi connectivity index (χ3n) is 3.75. The maximum absolute atomic E-state index is 14.1. The lowest BCUT2D eigenvalue weighted by Crippen LogP contribution is -2.33. The Bertz CT molecular complexity index is 683. The highest BCUT2D eigenvalue weighted by molar-refractivity contribution is 5.99. The minimum absolute atomic E-state index is 0.0205. The summed E-state index contributed by atoms with van der Waals surface area (Å²) in [6.45, 7) is 1.62. The molecule has 0 bridgehead atoms. The molecule has 110 valence electrons. The van der Waals surface area contributed by atoms with Gasteiger partial charge in [0.05, 0.1) is 17.7 Å². The highest BCUT2D eigenvalue weighted by Crippen LogP contribution is 2.29. The maximum atomic E-state index is 14.1. The zero-order valence-corrected chi connectivity index (χ0v) is 11.6. The predicted molar refractivity (Wildman–Crippen MR) is 80.4 cm³/mol. The van der Waals surface area contributed by atoms with Gasteiger partial charge in [-0.15, -0.1) is 0 Å². The van der Waals surface area contributed by atoms with Crippen molar-refractivity contribution in [3.8, 4) is 0 Å². The topological polar surface area (TPSA) is 71.2 Å². The van der Waals surface area contributed by atoms with Crippen molar-refractivity contribution in [2.45, 2.75) is 12.8 Å². The van der Waals surface area contributed by atoms with E-state index in [1.807, 2.05) is 0 Å². The average molecular weight is 288 g/mol. The number of hydrogen-bond donors (Lipinski definition) is 2. The van der Waals surface area contributed by atoms with Gasteiger partial charge in [0.1, 0.15) is 0 Å². The first kappa shape index (κ1) is 13.6. The molecule has 3 N–H and O–H groups in total. The van der Waals surface area contributed by atoms with Gasteiger partial charge >= 0.3 is 0 Å². The first-order valence-electron chi connectivity index (χ1n) is 7.01. The number of rotatable bonds is 3. The summed E-state index contributed by atoms with van der Waals surface area (Å²) in [5, 5.41) is 3.55. The van der Waals surface area contributed by atoms with Crippen LogP contribution in [0, 0.1) is 5.82 Å². The normalized spacial score (nSPS) is 14.6. The lowest BCUT2D eigenvalue weighted by Gasteiger charge is -2.17. The van der Waals surface area contributed by atoms with Crippen LogP contribution in [0.25, 0.3) is 10.9 Å². The number of carbonyl (C=O) groups is 1. The molecular formula is C15H17FN4O. The predicted octanol–water partition coefficient (Wildman–Crippen LogP) is 1.99. The number of amides is 1. The fourth-order valence-corrected chi connectivity index (χ4v) is 2.65. The van der Waals surface area contributed by atoms with E-state index in [0.29, 0.717) is 16.6 Å². The van der Waals surface area contributed by atoms with Crippen molar-refractivity contribution in [2.75, 3.05) is 30.7 Å². The molecular weight excluding hydrogens is 271 g/mol. The summed E-state index contributed by atoms with van der Waals surface area (Å²) in [7, 11) is 0. The van der Waals surface area contributed by atoms with Crippen LogP contribution < -0.4 is 11.1 Å². The molecule has 1 aliphatic rings. The summed E-state index contributed by atoms with van der Waals surface area (Å²) >= 11 is 0. The van der Waals surface area contributed by atoms with Crippen LogP contribution in [0.3, 0.4) is 0 Å². The van der Waals surface area contributed by atoms with Crippen molar-refractivity contribution in [1.82, 2.24) is 9.88 Å². The van der Waals surface area contributed by atoms with Gasteiger partial charge in [-0.25, -0.2) is 4.39 Å². The summed E-state index contributed by atoms with van der Waals surface area (Å²) in [6.07, 6.45) is 3.65. The molecule has 2 heterocycles. The molecule has 0 unspecified atom stereocenters. The molecule has 1 aromatic heterocycles. The second-order valence-electron chi connectivity index (χ2n) is 5.16. The SMILES string of the molecule is Nc1cc(F)c(NCC(=O)N2CCCC2)c2ncccc12. The quantitative estimate of drug-likeness (QED) is 0.847. The van der Waals surface area contributed by atoms with Gasteiger partial charge < -0.3 is 16.0 Å². The van der Waals surface area contributed by atoms with Gasteiger partial charge in [0.2, 0.25) is 5.91 Å². The van der Waals surface area contributed by atoms with E-state index < -0.39 is 5.82 Å². The first-order chi connectivity index (χ1) is 10.2. The van der Waals surface area contributed by atoms with Crippen molar-refractivity contribution in [3.05, 3.63) is 30.2 Å². The van der Waals surface area contributed by atoms with Crippen LogP contribution in [-0.4, -0.2) is 35.4 Å². The Morgan fingerprint density at radius 2 is 2.19 bits per heavy atom. The molecule has 1 saturated heterocycles. The van der Waals surface area contributed by atoms with Crippen LogP contribution in [0.1, 0.15) is 12.8 Å². The fraction of sp³-hybridized carbons (Fsp3) is 0.333. The molecule has 0 spiro atoms. The second-order valence-corrected chi connectivity index (χ2v) is 5.16. The second kappa shape index (κ2) is 5.55. The van der Waals surface area contributed by atoms with Gasteiger partial charge in [0.25, 0.3) is 0 Å². The van der Waals surface area contributed by atoms with E-state index in [1.54, 1.807) is 23.2 Å². The van der Waals surface area contributed by atoms with E-state index in [0.717, 1.165) is 25.9 Å². The molecule has 5 nitrogen and oxygen atoms in total. The summed E-state index contributed by atoms with van der Waals surface area (Å²) in [5.41, 5.74) is 6.82. The number of benzene rings is 1. The molecule has 1 fully saturated rings. The van der Waals surface area contributed by atoms with E-state index in [4.69, 9.17) is 5.73 Å². The average Bonchev–Trinajstić information content (AvgIpc) is 3.01. The molecule has 21 heavy (non-hydrogen) atoms. The van der Waals surface area contributed by atoms with E-state index >= 15 is 0 Å². The Balaban J connectivity index is 1.85. The van der Waals surface area contributed by atoms with Crippen molar-refractivity contribution < 1.29 is 9.18 Å². The third kappa shape index (κ3) is 2.61. The van der Waals surface area contributed by atoms with E-state index in [1.165, 1.54) is 6.07 Å². The molecule has 6 heteroatoms.